The van der Waals surface area contributed by atoms with E-state index in [0.29, 0.717) is 29.5 Å². The van der Waals surface area contributed by atoms with Crippen molar-refractivity contribution < 1.29 is 9.47 Å². The number of hydrogen-bond acceptors (Lipinski definition) is 3. The number of nitrogens with zero attached hydrogens (tertiary/aromatic N) is 1. The molecule has 0 aliphatic heterocycles. The van der Waals surface area contributed by atoms with Crippen LogP contribution in [0.25, 0.3) is 10.8 Å². The van der Waals surface area contributed by atoms with Gasteiger partial charge in [0.05, 0.1) is 18.8 Å². The molecule has 1 fully saturated rings. The van der Waals surface area contributed by atoms with Crippen molar-refractivity contribution in [3.63, 3.8) is 0 Å². The SMILES string of the molecule is CCOc1cc2ccc(Cl)cc2c(=O)n1C1(COC)CCC1. The lowest BCUT2D eigenvalue weighted by molar-refractivity contribution is 0.0186. The Morgan fingerprint density at radius 1 is 1.32 bits per heavy atom. The van der Waals surface area contributed by atoms with Crippen LogP contribution >= 0.6 is 11.6 Å². The van der Waals surface area contributed by atoms with Crippen LogP contribution in [-0.2, 0) is 10.3 Å². The smallest absolute Gasteiger partial charge is 0.261 e. The Morgan fingerprint density at radius 2 is 2.09 bits per heavy atom. The van der Waals surface area contributed by atoms with E-state index in [-0.39, 0.29) is 11.1 Å². The highest BCUT2D eigenvalue weighted by atomic mass is 35.5. The van der Waals surface area contributed by atoms with Crippen molar-refractivity contribution in [1.82, 2.24) is 4.57 Å². The van der Waals surface area contributed by atoms with Gasteiger partial charge in [0.25, 0.3) is 5.56 Å². The second kappa shape index (κ2) is 5.94. The predicted molar refractivity (Wildman–Crippen MR) is 88.1 cm³/mol. The molecule has 1 heterocycles. The summed E-state index contributed by atoms with van der Waals surface area (Å²) in [5.41, 5.74) is -0.354. The van der Waals surface area contributed by atoms with E-state index in [4.69, 9.17) is 21.1 Å². The van der Waals surface area contributed by atoms with Gasteiger partial charge in [0.2, 0.25) is 0 Å². The predicted octanol–water partition coefficient (Wildman–Crippen LogP) is 3.58. The van der Waals surface area contributed by atoms with E-state index in [2.05, 4.69) is 0 Å². The van der Waals surface area contributed by atoms with Crippen LogP contribution < -0.4 is 10.3 Å². The van der Waals surface area contributed by atoms with Gasteiger partial charge in [-0.1, -0.05) is 17.7 Å². The molecule has 1 aliphatic carbocycles. The highest BCUT2D eigenvalue weighted by molar-refractivity contribution is 6.31. The Morgan fingerprint density at radius 3 is 2.68 bits per heavy atom. The van der Waals surface area contributed by atoms with Crippen molar-refractivity contribution >= 4 is 22.4 Å². The van der Waals surface area contributed by atoms with E-state index in [1.165, 1.54) is 0 Å². The largest absolute Gasteiger partial charge is 0.479 e. The Labute approximate surface area is 134 Å². The standard InChI is InChI=1S/C17H20ClNO3/c1-3-22-15-9-12-5-6-13(18)10-14(12)16(20)19(15)17(11-21-2)7-4-8-17/h5-6,9-10H,3-4,7-8,11H2,1-2H3. The lowest BCUT2D eigenvalue weighted by Crippen LogP contribution is -2.50. The molecule has 0 spiro atoms. The molecule has 3 rings (SSSR count). The minimum atomic E-state index is -0.299. The first-order chi connectivity index (χ1) is 10.6. The topological polar surface area (TPSA) is 40.5 Å². The van der Waals surface area contributed by atoms with E-state index in [1.807, 2.05) is 19.1 Å². The van der Waals surface area contributed by atoms with Gasteiger partial charge in [0, 0.05) is 23.6 Å². The average molecular weight is 322 g/mol. The highest BCUT2D eigenvalue weighted by Gasteiger charge is 2.41. The lowest BCUT2D eigenvalue weighted by atomic mass is 9.76. The molecule has 118 valence electrons. The van der Waals surface area contributed by atoms with Crippen molar-refractivity contribution in [1.29, 1.82) is 0 Å². The normalized spacial score (nSPS) is 16.5. The van der Waals surface area contributed by atoms with Crippen LogP contribution in [0.3, 0.4) is 0 Å². The number of aromatic nitrogens is 1. The van der Waals surface area contributed by atoms with E-state index in [1.54, 1.807) is 23.8 Å². The zero-order valence-electron chi connectivity index (χ0n) is 12.9. The molecule has 22 heavy (non-hydrogen) atoms. The molecule has 0 N–H and O–H groups in total. The summed E-state index contributed by atoms with van der Waals surface area (Å²) >= 11 is 6.06. The van der Waals surface area contributed by atoms with Crippen LogP contribution in [0, 0.1) is 0 Å². The Bertz CT molecular complexity index is 749. The number of rotatable bonds is 5. The molecule has 1 aliphatic rings. The Hall–Kier alpha value is -1.52. The summed E-state index contributed by atoms with van der Waals surface area (Å²) in [5, 5.41) is 2.04. The first kappa shape index (κ1) is 15.4. The van der Waals surface area contributed by atoms with Gasteiger partial charge < -0.3 is 9.47 Å². The molecule has 0 radical (unpaired) electrons. The van der Waals surface area contributed by atoms with Gasteiger partial charge in [0.15, 0.2) is 5.88 Å². The maximum atomic E-state index is 13.1. The zero-order chi connectivity index (χ0) is 15.7. The highest BCUT2D eigenvalue weighted by Crippen LogP contribution is 2.41. The van der Waals surface area contributed by atoms with Gasteiger partial charge in [-0.15, -0.1) is 0 Å². The minimum absolute atomic E-state index is 0.0554. The van der Waals surface area contributed by atoms with Crippen molar-refractivity contribution in [2.45, 2.75) is 31.7 Å². The first-order valence-electron chi connectivity index (χ1n) is 7.59. The van der Waals surface area contributed by atoms with Gasteiger partial charge in [-0.3, -0.25) is 9.36 Å². The number of benzene rings is 1. The molecule has 0 saturated heterocycles. The molecule has 4 nitrogen and oxygen atoms in total. The Balaban J connectivity index is 2.28. The van der Waals surface area contributed by atoms with Gasteiger partial charge in [0.1, 0.15) is 0 Å². The number of hydrogen-bond donors (Lipinski definition) is 0. The van der Waals surface area contributed by atoms with Gasteiger partial charge in [-0.25, -0.2) is 0 Å². The van der Waals surface area contributed by atoms with Gasteiger partial charge >= 0.3 is 0 Å². The molecular formula is C17H20ClNO3. The van der Waals surface area contributed by atoms with E-state index in [0.717, 1.165) is 24.6 Å². The van der Waals surface area contributed by atoms with Crippen molar-refractivity contribution in [3.8, 4) is 5.88 Å². The lowest BCUT2D eigenvalue weighted by Gasteiger charge is -2.43. The van der Waals surface area contributed by atoms with Gasteiger partial charge in [-0.2, -0.15) is 0 Å². The van der Waals surface area contributed by atoms with Crippen LogP contribution in [0.1, 0.15) is 26.2 Å². The molecule has 1 aromatic carbocycles. The maximum absolute atomic E-state index is 13.1. The monoisotopic (exact) mass is 321 g/mol. The van der Waals surface area contributed by atoms with Crippen molar-refractivity contribution in [2.24, 2.45) is 0 Å². The fourth-order valence-corrected chi connectivity index (χ4v) is 3.42. The molecule has 0 unspecified atom stereocenters. The number of methoxy groups -OCH3 is 1. The third-order valence-electron chi connectivity index (χ3n) is 4.41. The molecular weight excluding hydrogens is 302 g/mol. The number of fused-ring (bicyclic) bond motifs is 1. The van der Waals surface area contributed by atoms with Crippen LogP contribution in [-0.4, -0.2) is 24.9 Å². The molecule has 5 heteroatoms. The van der Waals surface area contributed by atoms with Crippen molar-refractivity contribution in [3.05, 3.63) is 39.6 Å². The zero-order valence-corrected chi connectivity index (χ0v) is 13.7. The minimum Gasteiger partial charge on any atom is -0.479 e. The third kappa shape index (κ3) is 2.40. The number of halogens is 1. The summed E-state index contributed by atoms with van der Waals surface area (Å²) in [4.78, 5) is 13.1. The molecule has 0 bridgehead atoms. The summed E-state index contributed by atoms with van der Waals surface area (Å²) in [7, 11) is 1.67. The van der Waals surface area contributed by atoms with Crippen LogP contribution in [0.4, 0.5) is 0 Å². The molecule has 1 saturated carbocycles. The summed E-state index contributed by atoms with van der Waals surface area (Å²) in [6.07, 6.45) is 2.94. The Kier molecular flexibility index (Phi) is 4.15. The fourth-order valence-electron chi connectivity index (χ4n) is 3.25. The fraction of sp³-hybridized carbons (Fsp3) is 0.471. The number of ether oxygens (including phenoxy) is 2. The third-order valence-corrected chi connectivity index (χ3v) is 4.65. The van der Waals surface area contributed by atoms with E-state index in [9.17, 15) is 4.79 Å². The van der Waals surface area contributed by atoms with Crippen LogP contribution in [0.15, 0.2) is 29.1 Å². The molecule has 0 atom stereocenters. The summed E-state index contributed by atoms with van der Waals surface area (Å²) < 4.78 is 12.9. The van der Waals surface area contributed by atoms with E-state index < -0.39 is 0 Å². The summed E-state index contributed by atoms with van der Waals surface area (Å²) in [5.74, 6) is 0.610. The molecule has 0 amide bonds. The average Bonchev–Trinajstić information content (AvgIpc) is 2.45. The van der Waals surface area contributed by atoms with Crippen LogP contribution in [0.2, 0.25) is 5.02 Å². The molecule has 1 aromatic heterocycles. The molecule has 2 aromatic rings. The van der Waals surface area contributed by atoms with E-state index >= 15 is 0 Å². The maximum Gasteiger partial charge on any atom is 0.261 e. The van der Waals surface area contributed by atoms with Gasteiger partial charge in [-0.05, 0) is 43.7 Å². The first-order valence-corrected chi connectivity index (χ1v) is 7.96. The second-order valence-electron chi connectivity index (χ2n) is 5.80. The summed E-state index contributed by atoms with van der Waals surface area (Å²) in [6.45, 7) is 2.95. The van der Waals surface area contributed by atoms with Crippen LogP contribution in [0.5, 0.6) is 5.88 Å². The van der Waals surface area contributed by atoms with Crippen molar-refractivity contribution in [2.75, 3.05) is 20.3 Å². The second-order valence-corrected chi connectivity index (χ2v) is 6.24. The number of pyridine rings is 1. The quantitative estimate of drug-likeness (QED) is 0.845. The summed E-state index contributed by atoms with van der Waals surface area (Å²) in [6, 6.07) is 7.30.